The van der Waals surface area contributed by atoms with Crippen LogP contribution in [0.2, 0.25) is 0 Å². The Labute approximate surface area is 186 Å². The van der Waals surface area contributed by atoms with Gasteiger partial charge in [0.05, 0.1) is 11.7 Å². The predicted octanol–water partition coefficient (Wildman–Crippen LogP) is 3.96. The number of aliphatic carboxylic acids is 1. The highest BCUT2D eigenvalue weighted by atomic mass is 32.2. The Kier molecular flexibility index (Phi) is 4.70. The van der Waals surface area contributed by atoms with E-state index in [9.17, 15) is 18.3 Å². The number of hydrogen-bond acceptors (Lipinski definition) is 7. The number of thiophene rings is 1. The summed E-state index contributed by atoms with van der Waals surface area (Å²) in [5.74, 6) is -1.98. The van der Waals surface area contributed by atoms with Crippen molar-refractivity contribution in [2.75, 3.05) is 0 Å². The van der Waals surface area contributed by atoms with Crippen LogP contribution < -0.4 is 4.72 Å². The largest absolute Gasteiger partial charge is 0.480 e. The zero-order chi connectivity index (χ0) is 21.8. The van der Waals surface area contributed by atoms with Gasteiger partial charge >= 0.3 is 5.97 Å². The number of benzene rings is 2. The van der Waals surface area contributed by atoms with E-state index < -0.39 is 27.4 Å². The third kappa shape index (κ3) is 3.26. The summed E-state index contributed by atoms with van der Waals surface area (Å²) in [5.41, 5.74) is 1.62. The molecule has 0 bridgehead atoms. The maximum absolute atomic E-state index is 13.1. The number of sulfonamides is 1. The summed E-state index contributed by atoms with van der Waals surface area (Å²) in [4.78, 5) is 12.9. The lowest BCUT2D eigenvalue weighted by molar-refractivity contribution is -0.140. The first-order valence-electron chi connectivity index (χ1n) is 9.48. The summed E-state index contributed by atoms with van der Waals surface area (Å²) in [5, 5.41) is 9.94. The maximum atomic E-state index is 13.1. The number of nitrogens with zero attached hydrogens (tertiary/aromatic N) is 2. The molecule has 1 unspecified atom stereocenters. The van der Waals surface area contributed by atoms with E-state index in [1.165, 1.54) is 6.07 Å². The highest BCUT2D eigenvalue weighted by Gasteiger charge is 2.70. The highest BCUT2D eigenvalue weighted by Crippen LogP contribution is 2.58. The second-order valence-corrected chi connectivity index (χ2v) is 11.1. The molecule has 0 spiro atoms. The van der Waals surface area contributed by atoms with Gasteiger partial charge in [-0.3, -0.25) is 4.79 Å². The Morgan fingerprint density at radius 2 is 1.81 bits per heavy atom. The van der Waals surface area contributed by atoms with Crippen LogP contribution >= 0.6 is 23.1 Å². The Morgan fingerprint density at radius 3 is 2.55 bits per heavy atom. The lowest BCUT2D eigenvalue weighted by atomic mass is 10.1. The van der Waals surface area contributed by atoms with Gasteiger partial charge in [0.25, 0.3) is 10.0 Å². The lowest BCUT2D eigenvalue weighted by Gasteiger charge is -2.15. The van der Waals surface area contributed by atoms with Crippen LogP contribution in [0.1, 0.15) is 18.4 Å². The van der Waals surface area contributed by atoms with Crippen molar-refractivity contribution in [2.45, 2.75) is 22.6 Å². The second-order valence-electron chi connectivity index (χ2n) is 7.54. The van der Waals surface area contributed by atoms with Crippen LogP contribution in [-0.4, -0.2) is 33.8 Å². The third-order valence-electron chi connectivity index (χ3n) is 5.80. The van der Waals surface area contributed by atoms with E-state index in [0.29, 0.717) is 0 Å². The van der Waals surface area contributed by atoms with E-state index in [2.05, 4.69) is 13.5 Å². The molecule has 1 saturated carbocycles. The normalized spacial score (nSPS) is 23.1. The molecule has 5 rings (SSSR count). The number of carboxylic acid groups (broad SMARTS) is 1. The fourth-order valence-corrected chi connectivity index (χ4v) is 7.41. The molecule has 2 aromatic heterocycles. The van der Waals surface area contributed by atoms with Gasteiger partial charge in [-0.25, -0.2) is 8.42 Å². The minimum absolute atomic E-state index is 0.0746. The highest BCUT2D eigenvalue weighted by molar-refractivity contribution is 7.91. The number of carbonyl (C=O) groups is 1. The van der Waals surface area contributed by atoms with Crippen LogP contribution in [0.25, 0.3) is 21.5 Å². The van der Waals surface area contributed by atoms with Crippen molar-refractivity contribution in [1.29, 1.82) is 0 Å². The standard InChI is InChI=1S/C21H17N3O4S3/c1-12-19(13-5-3-2-4-6-13)21(12,20(25)26)24-31(27,28)18-10-9-17(29-18)14-7-8-15-16(11-14)23-30-22-15/h2-12,19,24H,1H3,(H,25,26)/t12?,19-,21-/m0/s1. The smallest absolute Gasteiger partial charge is 0.325 e. The van der Waals surface area contributed by atoms with E-state index in [1.807, 2.05) is 48.5 Å². The van der Waals surface area contributed by atoms with E-state index in [4.69, 9.17) is 0 Å². The average molecular weight is 472 g/mol. The Balaban J connectivity index is 1.46. The summed E-state index contributed by atoms with van der Waals surface area (Å²) in [7, 11) is -4.03. The minimum atomic E-state index is -4.03. The van der Waals surface area contributed by atoms with Gasteiger partial charge in [0, 0.05) is 10.8 Å². The molecule has 7 nitrogen and oxygen atoms in total. The van der Waals surface area contributed by atoms with Gasteiger partial charge in [-0.1, -0.05) is 43.3 Å². The Bertz CT molecular complexity index is 1400. The van der Waals surface area contributed by atoms with Crippen molar-refractivity contribution in [3.05, 3.63) is 66.2 Å². The van der Waals surface area contributed by atoms with Gasteiger partial charge in [-0.05, 0) is 41.3 Å². The van der Waals surface area contributed by atoms with Crippen LogP contribution in [0.4, 0.5) is 0 Å². The monoisotopic (exact) mass is 471 g/mol. The zero-order valence-corrected chi connectivity index (χ0v) is 18.7. The SMILES string of the molecule is CC1[C@@H](c2ccccc2)[C@]1(NS(=O)(=O)c1ccc(-c2ccc3nsnc3c2)s1)C(=O)O. The van der Waals surface area contributed by atoms with Crippen LogP contribution in [0.5, 0.6) is 0 Å². The first kappa shape index (κ1) is 20.3. The molecule has 31 heavy (non-hydrogen) atoms. The van der Waals surface area contributed by atoms with Gasteiger partial charge in [0.15, 0.2) is 0 Å². The van der Waals surface area contributed by atoms with Crippen molar-refractivity contribution >= 4 is 50.1 Å². The molecule has 10 heteroatoms. The molecule has 0 aliphatic heterocycles. The average Bonchev–Trinajstić information content (AvgIpc) is 3.18. The van der Waals surface area contributed by atoms with Gasteiger partial charge in [0.2, 0.25) is 0 Å². The zero-order valence-electron chi connectivity index (χ0n) is 16.2. The van der Waals surface area contributed by atoms with Crippen molar-refractivity contribution in [3.63, 3.8) is 0 Å². The number of carboxylic acids is 1. The number of rotatable bonds is 6. The van der Waals surface area contributed by atoms with E-state index in [0.717, 1.165) is 50.1 Å². The summed E-state index contributed by atoms with van der Waals surface area (Å²) in [6.45, 7) is 1.76. The van der Waals surface area contributed by atoms with E-state index in [-0.39, 0.29) is 10.1 Å². The molecule has 4 aromatic rings. The fourth-order valence-electron chi connectivity index (χ4n) is 4.13. The van der Waals surface area contributed by atoms with Gasteiger partial charge in [-0.2, -0.15) is 13.5 Å². The van der Waals surface area contributed by atoms with Crippen molar-refractivity contribution in [2.24, 2.45) is 5.92 Å². The Morgan fingerprint density at radius 1 is 1.06 bits per heavy atom. The first-order chi connectivity index (χ1) is 14.8. The van der Waals surface area contributed by atoms with Crippen molar-refractivity contribution in [3.8, 4) is 10.4 Å². The number of aromatic nitrogens is 2. The summed E-state index contributed by atoms with van der Waals surface area (Å²) in [6.07, 6.45) is 0. The molecule has 2 N–H and O–H groups in total. The van der Waals surface area contributed by atoms with E-state index >= 15 is 0 Å². The topological polar surface area (TPSA) is 109 Å². The van der Waals surface area contributed by atoms with E-state index in [1.54, 1.807) is 13.0 Å². The molecule has 1 aliphatic rings. The molecular formula is C21H17N3O4S3. The number of hydrogen-bond donors (Lipinski definition) is 2. The van der Waals surface area contributed by atoms with Gasteiger partial charge in [0.1, 0.15) is 20.8 Å². The summed E-state index contributed by atoms with van der Waals surface area (Å²) in [6, 6.07) is 17.9. The predicted molar refractivity (Wildman–Crippen MR) is 120 cm³/mol. The molecule has 1 fully saturated rings. The third-order valence-corrected chi connectivity index (χ3v) is 9.47. The quantitative estimate of drug-likeness (QED) is 0.441. The number of nitrogens with one attached hydrogen (secondary N) is 1. The molecular weight excluding hydrogens is 454 g/mol. The maximum Gasteiger partial charge on any atom is 0.325 e. The second kappa shape index (κ2) is 7.20. The van der Waals surface area contributed by atoms with Crippen molar-refractivity contribution < 1.29 is 18.3 Å². The molecule has 0 radical (unpaired) electrons. The minimum Gasteiger partial charge on any atom is -0.480 e. The molecule has 0 saturated heterocycles. The van der Waals surface area contributed by atoms with Crippen LogP contribution in [-0.2, 0) is 14.8 Å². The molecule has 158 valence electrons. The molecule has 1 aliphatic carbocycles. The fraction of sp³-hybridized carbons (Fsp3) is 0.190. The van der Waals surface area contributed by atoms with Gasteiger partial charge < -0.3 is 5.11 Å². The van der Waals surface area contributed by atoms with Gasteiger partial charge in [-0.15, -0.1) is 11.3 Å². The molecule has 2 heterocycles. The van der Waals surface area contributed by atoms with Crippen LogP contribution in [0, 0.1) is 5.92 Å². The summed E-state index contributed by atoms with van der Waals surface area (Å²) < 4.78 is 37.3. The lowest BCUT2D eigenvalue weighted by Crippen LogP contribution is -2.45. The molecule has 2 aromatic carbocycles. The summed E-state index contributed by atoms with van der Waals surface area (Å²) >= 11 is 2.22. The van der Waals surface area contributed by atoms with Crippen LogP contribution in [0.3, 0.4) is 0 Å². The van der Waals surface area contributed by atoms with Crippen LogP contribution in [0.15, 0.2) is 64.9 Å². The first-order valence-corrected chi connectivity index (χ1v) is 12.5. The molecule has 0 amide bonds. The Hall–Kier alpha value is -2.66. The number of fused-ring (bicyclic) bond motifs is 1. The molecule has 3 atom stereocenters. The van der Waals surface area contributed by atoms with Crippen molar-refractivity contribution in [1.82, 2.24) is 13.5 Å².